The quantitative estimate of drug-likeness (QED) is 0.767. The van der Waals surface area contributed by atoms with Gasteiger partial charge < -0.3 is 15.8 Å². The maximum Gasteiger partial charge on any atom is 0.238 e. The molecule has 0 bridgehead atoms. The van der Waals surface area contributed by atoms with E-state index in [9.17, 15) is 4.79 Å². The minimum absolute atomic E-state index is 0.217. The van der Waals surface area contributed by atoms with Crippen molar-refractivity contribution in [3.8, 4) is 0 Å². The van der Waals surface area contributed by atoms with Gasteiger partial charge in [-0.15, -0.1) is 0 Å². The van der Waals surface area contributed by atoms with E-state index in [2.05, 4.69) is 44.8 Å². The molecule has 1 saturated heterocycles. The predicted molar refractivity (Wildman–Crippen MR) is 81.6 cm³/mol. The second-order valence-corrected chi connectivity index (χ2v) is 7.39. The highest BCUT2D eigenvalue weighted by molar-refractivity contribution is 5.84. The SMILES string of the molecule is CCCNC(C)(CN1CC(C)(C)OC(C)(C)C1)C(N)=O. The molecule has 0 radical (unpaired) electrons. The van der Waals surface area contributed by atoms with Crippen LogP contribution in [0.5, 0.6) is 0 Å². The molecule has 118 valence electrons. The summed E-state index contributed by atoms with van der Waals surface area (Å²) in [6.45, 7) is 15.3. The number of nitrogens with two attached hydrogens (primary N) is 1. The normalized spacial score (nSPS) is 25.1. The molecule has 1 aliphatic rings. The number of primary amides is 1. The van der Waals surface area contributed by atoms with Crippen molar-refractivity contribution < 1.29 is 9.53 Å². The number of hydrogen-bond donors (Lipinski definition) is 2. The highest BCUT2D eigenvalue weighted by Crippen LogP contribution is 2.28. The summed E-state index contributed by atoms with van der Waals surface area (Å²) in [6.07, 6.45) is 0.975. The van der Waals surface area contributed by atoms with E-state index < -0.39 is 5.54 Å². The van der Waals surface area contributed by atoms with Crippen molar-refractivity contribution in [2.75, 3.05) is 26.2 Å². The van der Waals surface area contributed by atoms with Crippen LogP contribution in [-0.4, -0.2) is 53.7 Å². The monoisotopic (exact) mass is 285 g/mol. The van der Waals surface area contributed by atoms with Gasteiger partial charge in [0.25, 0.3) is 0 Å². The number of amides is 1. The first-order valence-electron chi connectivity index (χ1n) is 7.47. The Morgan fingerprint density at radius 2 is 1.80 bits per heavy atom. The van der Waals surface area contributed by atoms with Crippen LogP contribution < -0.4 is 11.1 Å². The molecule has 5 nitrogen and oxygen atoms in total. The van der Waals surface area contributed by atoms with Crippen LogP contribution >= 0.6 is 0 Å². The fourth-order valence-corrected chi connectivity index (χ4v) is 3.13. The van der Waals surface area contributed by atoms with Crippen molar-refractivity contribution in [3.05, 3.63) is 0 Å². The van der Waals surface area contributed by atoms with E-state index in [4.69, 9.17) is 10.5 Å². The summed E-state index contributed by atoms with van der Waals surface area (Å²) in [5, 5.41) is 3.29. The first-order valence-corrected chi connectivity index (χ1v) is 7.47. The molecule has 1 fully saturated rings. The van der Waals surface area contributed by atoms with Crippen LogP contribution in [0.4, 0.5) is 0 Å². The molecule has 20 heavy (non-hydrogen) atoms. The molecule has 5 heteroatoms. The van der Waals surface area contributed by atoms with Gasteiger partial charge in [-0.25, -0.2) is 0 Å². The maximum atomic E-state index is 11.8. The summed E-state index contributed by atoms with van der Waals surface area (Å²) in [7, 11) is 0. The van der Waals surface area contributed by atoms with Crippen molar-refractivity contribution in [1.82, 2.24) is 10.2 Å². The Morgan fingerprint density at radius 3 is 2.20 bits per heavy atom. The molecule has 0 aromatic heterocycles. The average molecular weight is 285 g/mol. The summed E-state index contributed by atoms with van der Waals surface area (Å²) >= 11 is 0. The van der Waals surface area contributed by atoms with Gasteiger partial charge in [0.05, 0.1) is 11.2 Å². The number of morpholine rings is 1. The summed E-state index contributed by atoms with van der Waals surface area (Å²) < 4.78 is 6.07. The van der Waals surface area contributed by atoms with E-state index in [1.807, 2.05) is 6.92 Å². The van der Waals surface area contributed by atoms with Crippen LogP contribution in [-0.2, 0) is 9.53 Å². The van der Waals surface area contributed by atoms with Crippen molar-refractivity contribution in [2.24, 2.45) is 5.73 Å². The zero-order chi connectivity index (χ0) is 15.6. The van der Waals surface area contributed by atoms with Crippen LogP contribution in [0, 0.1) is 0 Å². The van der Waals surface area contributed by atoms with Crippen LogP contribution in [0.25, 0.3) is 0 Å². The Hall–Kier alpha value is -0.650. The largest absolute Gasteiger partial charge is 0.368 e. The number of nitrogens with zero attached hydrogens (tertiary/aromatic N) is 1. The smallest absolute Gasteiger partial charge is 0.238 e. The fourth-order valence-electron chi connectivity index (χ4n) is 3.13. The lowest BCUT2D eigenvalue weighted by molar-refractivity contribution is -0.183. The molecule has 0 aromatic rings. The lowest BCUT2D eigenvalue weighted by Crippen LogP contribution is -2.65. The van der Waals surface area contributed by atoms with Crippen molar-refractivity contribution in [2.45, 2.75) is 64.7 Å². The Labute approximate surface area is 123 Å². The molecule has 1 heterocycles. The second-order valence-electron chi connectivity index (χ2n) is 7.39. The molecule has 1 aliphatic heterocycles. The summed E-state index contributed by atoms with van der Waals surface area (Å²) in [6, 6.07) is 0. The van der Waals surface area contributed by atoms with E-state index in [0.717, 1.165) is 26.1 Å². The molecular weight excluding hydrogens is 254 g/mol. The Balaban J connectivity index is 2.80. The second kappa shape index (κ2) is 6.00. The zero-order valence-corrected chi connectivity index (χ0v) is 13.9. The van der Waals surface area contributed by atoms with Gasteiger partial charge >= 0.3 is 0 Å². The van der Waals surface area contributed by atoms with Crippen LogP contribution in [0.15, 0.2) is 0 Å². The molecule has 0 saturated carbocycles. The highest BCUT2D eigenvalue weighted by atomic mass is 16.5. The third-order valence-corrected chi connectivity index (χ3v) is 3.61. The number of hydrogen-bond acceptors (Lipinski definition) is 4. The number of carbonyl (C=O) groups is 1. The number of nitrogens with one attached hydrogen (secondary N) is 1. The van der Waals surface area contributed by atoms with Gasteiger partial charge in [-0.2, -0.15) is 0 Å². The molecular formula is C15H31N3O2. The highest BCUT2D eigenvalue weighted by Gasteiger charge is 2.41. The predicted octanol–water partition coefficient (Wildman–Crippen LogP) is 1.12. The van der Waals surface area contributed by atoms with Gasteiger partial charge in [-0.3, -0.25) is 9.69 Å². The summed E-state index contributed by atoms with van der Waals surface area (Å²) in [5.74, 6) is -0.298. The van der Waals surface area contributed by atoms with Crippen molar-refractivity contribution in [1.29, 1.82) is 0 Å². The number of ether oxygens (including phenoxy) is 1. The van der Waals surface area contributed by atoms with Gasteiger partial charge in [0.15, 0.2) is 0 Å². The molecule has 1 amide bonds. The van der Waals surface area contributed by atoms with E-state index in [1.165, 1.54) is 0 Å². The third-order valence-electron chi connectivity index (χ3n) is 3.61. The lowest BCUT2D eigenvalue weighted by Gasteiger charge is -2.49. The van der Waals surface area contributed by atoms with Crippen molar-refractivity contribution >= 4 is 5.91 Å². The fraction of sp³-hybridized carbons (Fsp3) is 0.933. The first kappa shape index (κ1) is 17.4. The molecule has 1 rings (SSSR count). The lowest BCUT2D eigenvalue weighted by atomic mass is 9.94. The molecule has 0 aromatic carbocycles. The van der Waals surface area contributed by atoms with Crippen LogP contribution in [0.1, 0.15) is 48.0 Å². The van der Waals surface area contributed by atoms with Gasteiger partial charge in [0.1, 0.15) is 5.54 Å². The van der Waals surface area contributed by atoms with E-state index >= 15 is 0 Å². The van der Waals surface area contributed by atoms with E-state index in [-0.39, 0.29) is 17.1 Å². The minimum Gasteiger partial charge on any atom is -0.368 e. The third kappa shape index (κ3) is 4.72. The summed E-state index contributed by atoms with van der Waals surface area (Å²) in [5.41, 5.74) is 4.48. The standard InChI is InChI=1S/C15H31N3O2/c1-7-8-17-15(6,12(16)19)11-18-9-13(2,3)20-14(4,5)10-18/h17H,7-11H2,1-6H3,(H2,16,19). The maximum absolute atomic E-state index is 11.8. The first-order chi connectivity index (χ1) is 9.00. The average Bonchev–Trinajstić information content (AvgIpc) is 2.21. The minimum atomic E-state index is -0.695. The number of carbonyl (C=O) groups excluding carboxylic acids is 1. The Kier molecular flexibility index (Phi) is 5.22. The van der Waals surface area contributed by atoms with Gasteiger partial charge in [0.2, 0.25) is 5.91 Å². The van der Waals surface area contributed by atoms with Crippen LogP contribution in [0.3, 0.4) is 0 Å². The molecule has 0 aliphatic carbocycles. The van der Waals surface area contributed by atoms with E-state index in [0.29, 0.717) is 6.54 Å². The van der Waals surface area contributed by atoms with Crippen molar-refractivity contribution in [3.63, 3.8) is 0 Å². The molecule has 1 atom stereocenters. The summed E-state index contributed by atoms with van der Waals surface area (Å²) in [4.78, 5) is 14.1. The topological polar surface area (TPSA) is 67.6 Å². The van der Waals surface area contributed by atoms with Gasteiger partial charge in [0, 0.05) is 19.6 Å². The van der Waals surface area contributed by atoms with Gasteiger partial charge in [-0.1, -0.05) is 6.92 Å². The zero-order valence-electron chi connectivity index (χ0n) is 13.9. The molecule has 3 N–H and O–H groups in total. The Bertz CT molecular complexity index is 339. The van der Waals surface area contributed by atoms with E-state index in [1.54, 1.807) is 0 Å². The molecule has 1 unspecified atom stereocenters. The van der Waals surface area contributed by atoms with Crippen LogP contribution in [0.2, 0.25) is 0 Å². The van der Waals surface area contributed by atoms with Gasteiger partial charge in [-0.05, 0) is 47.6 Å². The Morgan fingerprint density at radius 1 is 1.30 bits per heavy atom. The molecule has 0 spiro atoms. The number of rotatable bonds is 6.